The van der Waals surface area contributed by atoms with Gasteiger partial charge in [0, 0.05) is 50.0 Å². The molecule has 0 N–H and O–H groups in total. The maximum Gasteiger partial charge on any atom is 0.162 e. The minimum absolute atomic E-state index is 0.199. The molecule has 10 heteroatoms. The van der Waals surface area contributed by atoms with Crippen LogP contribution in [0.5, 0.6) is 23.0 Å². The van der Waals surface area contributed by atoms with Crippen LogP contribution in [0, 0.1) is 12.3 Å². The number of aromatic nitrogens is 2. The molecule has 4 aromatic carbocycles. The van der Waals surface area contributed by atoms with Crippen molar-refractivity contribution in [2.75, 3.05) is 63.6 Å². The molecule has 316 valence electrons. The van der Waals surface area contributed by atoms with Gasteiger partial charge in [0.25, 0.3) is 0 Å². The van der Waals surface area contributed by atoms with Crippen molar-refractivity contribution in [3.63, 3.8) is 0 Å². The van der Waals surface area contributed by atoms with Gasteiger partial charge in [0.1, 0.15) is 6.61 Å². The molecular weight excluding hydrogens is 761 g/mol. The number of rotatable bonds is 17. The standard InChI is InChI=1S/C51H58N6O4/c1-5-7-29-61-51-31-39(17-19-49(51)59-4)37-55-26-22-43(23-27-55)57(45-33-41-13-9-11-15-47(41)53-35-45)56(44-32-40-12-8-10-14-46(40)52-34-44)42-20-24-54(25-21-42)36-38-16-18-48(58-3)50(30-38)60-28-6-2/h2,8-19,30-35,42-43H,5,7,20-29,36-37H2,1,3-4H3. The van der Waals surface area contributed by atoms with Crippen molar-refractivity contribution in [2.45, 2.75) is 70.6 Å². The van der Waals surface area contributed by atoms with E-state index in [4.69, 9.17) is 35.3 Å². The van der Waals surface area contributed by atoms with Crippen LogP contribution in [-0.2, 0) is 13.1 Å². The SMILES string of the molecule is C#CCOc1cc(CN2CCC(N(c3cnc4ccccc4c3)N(c3cnc4ccccc4c3)C3CCN(Cc4ccc(OC)c(OCCCC)c4)CC3)CC2)ccc1OC. The summed E-state index contributed by atoms with van der Waals surface area (Å²) in [6.07, 6.45) is 15.7. The van der Waals surface area contributed by atoms with E-state index >= 15 is 0 Å². The smallest absolute Gasteiger partial charge is 0.162 e. The van der Waals surface area contributed by atoms with Gasteiger partial charge in [-0.1, -0.05) is 67.8 Å². The van der Waals surface area contributed by atoms with E-state index in [2.05, 4.69) is 130 Å². The fraction of sp³-hybridized carbons (Fsp3) is 0.373. The van der Waals surface area contributed by atoms with Gasteiger partial charge in [-0.3, -0.25) is 29.8 Å². The molecule has 61 heavy (non-hydrogen) atoms. The Hall–Kier alpha value is -6.02. The summed E-state index contributed by atoms with van der Waals surface area (Å²) < 4.78 is 23.2. The monoisotopic (exact) mass is 818 g/mol. The quantitative estimate of drug-likeness (QED) is 0.0505. The van der Waals surface area contributed by atoms with Crippen LogP contribution >= 0.6 is 0 Å². The zero-order valence-corrected chi connectivity index (χ0v) is 35.8. The summed E-state index contributed by atoms with van der Waals surface area (Å²) in [5.41, 5.74) is 6.62. The van der Waals surface area contributed by atoms with E-state index in [1.54, 1.807) is 14.2 Å². The predicted molar refractivity (Wildman–Crippen MR) is 246 cm³/mol. The number of unbranched alkanes of at least 4 members (excludes halogenated alkanes) is 1. The van der Waals surface area contributed by atoms with Crippen molar-refractivity contribution in [3.8, 4) is 35.3 Å². The molecule has 0 amide bonds. The number of pyridine rings is 2. The summed E-state index contributed by atoms with van der Waals surface area (Å²) in [5, 5.41) is 7.45. The number of fused-ring (bicyclic) bond motifs is 2. The molecule has 2 aromatic heterocycles. The minimum Gasteiger partial charge on any atom is -0.493 e. The number of hydrogen-bond donors (Lipinski definition) is 0. The van der Waals surface area contributed by atoms with Crippen molar-refractivity contribution in [1.82, 2.24) is 19.8 Å². The van der Waals surface area contributed by atoms with Crippen LogP contribution in [0.3, 0.4) is 0 Å². The zero-order chi connectivity index (χ0) is 42.0. The lowest BCUT2D eigenvalue weighted by atomic mass is 9.99. The number of terminal acetylenes is 1. The van der Waals surface area contributed by atoms with E-state index in [1.807, 2.05) is 12.1 Å². The summed E-state index contributed by atoms with van der Waals surface area (Å²) >= 11 is 0. The average molecular weight is 819 g/mol. The number of hydrazine groups is 1. The molecule has 0 aliphatic carbocycles. The Morgan fingerprint density at radius 2 is 1.10 bits per heavy atom. The molecule has 2 saturated heterocycles. The lowest BCUT2D eigenvalue weighted by molar-refractivity contribution is 0.183. The number of methoxy groups -OCH3 is 2. The molecule has 2 fully saturated rings. The van der Waals surface area contributed by atoms with Gasteiger partial charge >= 0.3 is 0 Å². The molecule has 0 bridgehead atoms. The molecule has 4 heterocycles. The molecule has 8 rings (SSSR count). The van der Waals surface area contributed by atoms with Gasteiger partial charge in [0.2, 0.25) is 0 Å². The molecular formula is C51H58N6O4. The highest BCUT2D eigenvalue weighted by molar-refractivity contribution is 5.84. The fourth-order valence-corrected chi connectivity index (χ4v) is 8.86. The molecule has 0 unspecified atom stereocenters. The predicted octanol–water partition coefficient (Wildman–Crippen LogP) is 9.55. The van der Waals surface area contributed by atoms with Gasteiger partial charge in [-0.15, -0.1) is 6.42 Å². The molecule has 0 atom stereocenters. The Morgan fingerprint density at radius 1 is 0.623 bits per heavy atom. The normalized spacial score (nSPS) is 15.4. The first-order chi connectivity index (χ1) is 30.0. The van der Waals surface area contributed by atoms with Crippen LogP contribution in [0.25, 0.3) is 21.8 Å². The van der Waals surface area contributed by atoms with Crippen molar-refractivity contribution in [1.29, 1.82) is 0 Å². The molecule has 6 aromatic rings. The third kappa shape index (κ3) is 9.97. The van der Waals surface area contributed by atoms with Crippen molar-refractivity contribution < 1.29 is 18.9 Å². The van der Waals surface area contributed by atoms with E-state index in [0.29, 0.717) is 18.1 Å². The van der Waals surface area contributed by atoms with Crippen LogP contribution in [-0.4, -0.2) is 85.5 Å². The van der Waals surface area contributed by atoms with E-state index in [0.717, 1.165) is 122 Å². The van der Waals surface area contributed by atoms with E-state index in [1.165, 1.54) is 11.1 Å². The van der Waals surface area contributed by atoms with Gasteiger partial charge in [-0.05, 0) is 91.8 Å². The summed E-state index contributed by atoms with van der Waals surface area (Å²) in [5.74, 6) is 5.55. The average Bonchev–Trinajstić information content (AvgIpc) is 3.30. The van der Waals surface area contributed by atoms with Gasteiger partial charge in [-0.25, -0.2) is 0 Å². The number of para-hydroxylation sites is 2. The van der Waals surface area contributed by atoms with E-state index in [9.17, 15) is 0 Å². The third-order valence-electron chi connectivity index (χ3n) is 12.1. The summed E-state index contributed by atoms with van der Waals surface area (Å²) in [6.45, 7) is 8.58. The Labute approximate surface area is 361 Å². The number of anilines is 2. The molecule has 0 spiro atoms. The second kappa shape index (κ2) is 20.0. The minimum atomic E-state index is 0.199. The maximum atomic E-state index is 6.16. The number of hydrogen-bond acceptors (Lipinski definition) is 10. The lowest BCUT2D eigenvalue weighted by Gasteiger charge is -2.50. The number of ether oxygens (including phenoxy) is 4. The zero-order valence-electron chi connectivity index (χ0n) is 35.8. The molecule has 0 radical (unpaired) electrons. The third-order valence-corrected chi connectivity index (χ3v) is 12.1. The number of benzene rings is 4. The van der Waals surface area contributed by atoms with Crippen LogP contribution in [0.15, 0.2) is 109 Å². The Balaban J connectivity index is 1.07. The van der Waals surface area contributed by atoms with Gasteiger partial charge in [0.15, 0.2) is 23.0 Å². The molecule has 2 aliphatic heterocycles. The summed E-state index contributed by atoms with van der Waals surface area (Å²) in [6, 6.07) is 34.5. The maximum absolute atomic E-state index is 6.16. The first-order valence-electron chi connectivity index (χ1n) is 21.8. The van der Waals surface area contributed by atoms with Crippen molar-refractivity contribution in [2.24, 2.45) is 0 Å². The van der Waals surface area contributed by atoms with Crippen LogP contribution in [0.1, 0.15) is 56.6 Å². The number of piperidine rings is 2. The highest BCUT2D eigenvalue weighted by atomic mass is 16.5. The van der Waals surface area contributed by atoms with E-state index in [-0.39, 0.29) is 18.7 Å². The summed E-state index contributed by atoms with van der Waals surface area (Å²) in [4.78, 5) is 15.2. The topological polar surface area (TPSA) is 75.7 Å². The first kappa shape index (κ1) is 41.7. The Kier molecular flexibility index (Phi) is 13.7. The van der Waals surface area contributed by atoms with Crippen LogP contribution < -0.4 is 29.0 Å². The molecule has 10 nitrogen and oxygen atoms in total. The Morgan fingerprint density at radius 3 is 1.56 bits per heavy atom. The number of likely N-dealkylation sites (tertiary alicyclic amines) is 2. The van der Waals surface area contributed by atoms with Crippen LogP contribution in [0.4, 0.5) is 11.4 Å². The van der Waals surface area contributed by atoms with Gasteiger partial charge in [-0.2, -0.15) is 0 Å². The highest BCUT2D eigenvalue weighted by Crippen LogP contribution is 2.37. The van der Waals surface area contributed by atoms with Gasteiger partial charge < -0.3 is 18.9 Å². The van der Waals surface area contributed by atoms with Crippen molar-refractivity contribution >= 4 is 33.2 Å². The summed E-state index contributed by atoms with van der Waals surface area (Å²) in [7, 11) is 3.36. The van der Waals surface area contributed by atoms with E-state index < -0.39 is 0 Å². The molecule has 2 aliphatic rings. The van der Waals surface area contributed by atoms with Crippen molar-refractivity contribution in [3.05, 3.63) is 121 Å². The van der Waals surface area contributed by atoms with Gasteiger partial charge in [0.05, 0.1) is 67.7 Å². The lowest BCUT2D eigenvalue weighted by Crippen LogP contribution is -2.59. The van der Waals surface area contributed by atoms with Crippen LogP contribution in [0.2, 0.25) is 0 Å². The second-order valence-corrected chi connectivity index (χ2v) is 16.1. The fourth-order valence-electron chi connectivity index (χ4n) is 8.86. The Bertz CT molecular complexity index is 2420. The second-order valence-electron chi connectivity index (χ2n) is 16.1. The molecule has 0 saturated carbocycles. The first-order valence-corrected chi connectivity index (χ1v) is 21.8. The highest BCUT2D eigenvalue weighted by Gasteiger charge is 2.36. The largest absolute Gasteiger partial charge is 0.493 e. The number of nitrogens with zero attached hydrogens (tertiary/aromatic N) is 6.